The SMILES string of the molecule is CCC(=N)N(C)C1CCC1. The van der Waals surface area contributed by atoms with Gasteiger partial charge in [0.2, 0.25) is 0 Å². The van der Waals surface area contributed by atoms with Gasteiger partial charge in [-0.3, -0.25) is 5.41 Å². The molecule has 0 unspecified atom stereocenters. The lowest BCUT2D eigenvalue weighted by Gasteiger charge is -2.36. The van der Waals surface area contributed by atoms with Crippen molar-refractivity contribution >= 4 is 5.84 Å². The Morgan fingerprint density at radius 1 is 1.60 bits per heavy atom. The summed E-state index contributed by atoms with van der Waals surface area (Å²) < 4.78 is 0. The molecule has 1 aliphatic carbocycles. The normalized spacial score (nSPS) is 18.2. The second-order valence-electron chi connectivity index (χ2n) is 3.00. The molecule has 1 rings (SSSR count). The maximum absolute atomic E-state index is 7.54. The van der Waals surface area contributed by atoms with Crippen LogP contribution in [0.1, 0.15) is 32.6 Å². The van der Waals surface area contributed by atoms with Crippen LogP contribution in [0.3, 0.4) is 0 Å². The molecule has 1 fully saturated rings. The molecular weight excluding hydrogens is 124 g/mol. The third kappa shape index (κ3) is 1.31. The zero-order chi connectivity index (χ0) is 7.56. The Labute approximate surface area is 62.7 Å². The Morgan fingerprint density at radius 3 is 2.50 bits per heavy atom. The summed E-state index contributed by atoms with van der Waals surface area (Å²) >= 11 is 0. The molecule has 2 heteroatoms. The van der Waals surface area contributed by atoms with Crippen LogP contribution in [0.2, 0.25) is 0 Å². The van der Waals surface area contributed by atoms with E-state index in [0.29, 0.717) is 6.04 Å². The first-order chi connectivity index (χ1) is 4.75. The topological polar surface area (TPSA) is 27.1 Å². The molecule has 0 amide bonds. The number of amidine groups is 1. The van der Waals surface area contributed by atoms with Crippen LogP contribution in [0.4, 0.5) is 0 Å². The fourth-order valence-corrected chi connectivity index (χ4v) is 1.24. The second-order valence-corrected chi connectivity index (χ2v) is 3.00. The van der Waals surface area contributed by atoms with E-state index in [4.69, 9.17) is 5.41 Å². The Hall–Kier alpha value is -0.530. The summed E-state index contributed by atoms with van der Waals surface area (Å²) in [5.74, 6) is 0.782. The highest BCUT2D eigenvalue weighted by Crippen LogP contribution is 2.23. The molecule has 0 aliphatic heterocycles. The van der Waals surface area contributed by atoms with Gasteiger partial charge in [-0.25, -0.2) is 0 Å². The van der Waals surface area contributed by atoms with Crippen molar-refractivity contribution in [3.8, 4) is 0 Å². The number of hydrogen-bond acceptors (Lipinski definition) is 1. The summed E-state index contributed by atoms with van der Waals surface area (Å²) in [7, 11) is 2.04. The standard InChI is InChI=1S/C8H16N2/c1-3-8(9)10(2)7-5-4-6-7/h7,9H,3-6H2,1-2H3. The van der Waals surface area contributed by atoms with Gasteiger partial charge in [-0.2, -0.15) is 0 Å². The molecule has 0 spiro atoms. The van der Waals surface area contributed by atoms with E-state index >= 15 is 0 Å². The molecule has 2 nitrogen and oxygen atoms in total. The summed E-state index contributed by atoms with van der Waals surface area (Å²) in [6, 6.07) is 0.687. The predicted octanol–water partition coefficient (Wildman–Crippen LogP) is 1.86. The van der Waals surface area contributed by atoms with Crippen LogP contribution in [-0.2, 0) is 0 Å². The molecule has 0 bridgehead atoms. The van der Waals surface area contributed by atoms with Gasteiger partial charge in [-0.15, -0.1) is 0 Å². The van der Waals surface area contributed by atoms with Crippen molar-refractivity contribution in [2.45, 2.75) is 38.6 Å². The molecule has 58 valence electrons. The van der Waals surface area contributed by atoms with E-state index in [0.717, 1.165) is 12.3 Å². The summed E-state index contributed by atoms with van der Waals surface area (Å²) in [6.07, 6.45) is 4.80. The fourth-order valence-electron chi connectivity index (χ4n) is 1.24. The average molecular weight is 140 g/mol. The quantitative estimate of drug-likeness (QED) is 0.460. The lowest BCUT2D eigenvalue weighted by molar-refractivity contribution is 0.236. The van der Waals surface area contributed by atoms with Gasteiger partial charge in [-0.1, -0.05) is 6.92 Å². The highest BCUT2D eigenvalue weighted by Gasteiger charge is 2.22. The molecular formula is C8H16N2. The van der Waals surface area contributed by atoms with Crippen molar-refractivity contribution in [3.05, 3.63) is 0 Å². The molecule has 0 atom stereocenters. The van der Waals surface area contributed by atoms with Gasteiger partial charge < -0.3 is 4.90 Å². The summed E-state index contributed by atoms with van der Waals surface area (Å²) in [5, 5.41) is 7.54. The minimum Gasteiger partial charge on any atom is -0.361 e. The van der Waals surface area contributed by atoms with Crippen LogP contribution < -0.4 is 0 Å². The molecule has 0 radical (unpaired) electrons. The fraction of sp³-hybridized carbons (Fsp3) is 0.875. The van der Waals surface area contributed by atoms with Gasteiger partial charge in [0.25, 0.3) is 0 Å². The van der Waals surface area contributed by atoms with Crippen LogP contribution >= 0.6 is 0 Å². The molecule has 0 aromatic rings. The van der Waals surface area contributed by atoms with Gasteiger partial charge in [0.15, 0.2) is 0 Å². The van der Waals surface area contributed by atoms with Crippen molar-refractivity contribution in [1.29, 1.82) is 5.41 Å². The van der Waals surface area contributed by atoms with Crippen LogP contribution in [0.15, 0.2) is 0 Å². The number of nitrogens with one attached hydrogen (secondary N) is 1. The van der Waals surface area contributed by atoms with Crippen molar-refractivity contribution in [1.82, 2.24) is 4.90 Å². The highest BCUT2D eigenvalue weighted by molar-refractivity contribution is 5.78. The average Bonchev–Trinajstić information content (AvgIpc) is 1.82. The Kier molecular flexibility index (Phi) is 2.30. The van der Waals surface area contributed by atoms with E-state index in [1.807, 2.05) is 14.0 Å². The van der Waals surface area contributed by atoms with Crippen LogP contribution in [0, 0.1) is 5.41 Å². The van der Waals surface area contributed by atoms with Gasteiger partial charge in [0.1, 0.15) is 0 Å². The van der Waals surface area contributed by atoms with Crippen molar-refractivity contribution in [2.75, 3.05) is 7.05 Å². The molecule has 10 heavy (non-hydrogen) atoms. The summed E-state index contributed by atoms with van der Waals surface area (Å²) in [6.45, 7) is 2.04. The van der Waals surface area contributed by atoms with E-state index in [1.54, 1.807) is 0 Å². The van der Waals surface area contributed by atoms with E-state index in [1.165, 1.54) is 19.3 Å². The molecule has 1 aliphatic rings. The largest absolute Gasteiger partial charge is 0.361 e. The van der Waals surface area contributed by atoms with E-state index < -0.39 is 0 Å². The molecule has 0 aromatic carbocycles. The predicted molar refractivity (Wildman–Crippen MR) is 43.4 cm³/mol. The molecule has 1 N–H and O–H groups in total. The summed E-state index contributed by atoms with van der Waals surface area (Å²) in [4.78, 5) is 2.11. The third-order valence-electron chi connectivity index (χ3n) is 2.38. The maximum Gasteiger partial charge on any atom is 0.0954 e. The molecule has 1 saturated carbocycles. The third-order valence-corrected chi connectivity index (χ3v) is 2.38. The van der Waals surface area contributed by atoms with Crippen molar-refractivity contribution < 1.29 is 0 Å². The maximum atomic E-state index is 7.54. The van der Waals surface area contributed by atoms with Crippen molar-refractivity contribution in [2.24, 2.45) is 0 Å². The summed E-state index contributed by atoms with van der Waals surface area (Å²) in [5.41, 5.74) is 0. The minimum absolute atomic E-state index is 0.687. The first-order valence-corrected chi connectivity index (χ1v) is 4.06. The number of hydrogen-bond donors (Lipinski definition) is 1. The van der Waals surface area contributed by atoms with Gasteiger partial charge in [0, 0.05) is 19.5 Å². The minimum atomic E-state index is 0.687. The van der Waals surface area contributed by atoms with Crippen LogP contribution in [0.25, 0.3) is 0 Å². The van der Waals surface area contributed by atoms with Crippen molar-refractivity contribution in [3.63, 3.8) is 0 Å². The van der Waals surface area contributed by atoms with Gasteiger partial charge >= 0.3 is 0 Å². The number of rotatable bonds is 2. The number of nitrogens with zero attached hydrogens (tertiary/aromatic N) is 1. The lowest BCUT2D eigenvalue weighted by Crippen LogP contribution is -2.40. The zero-order valence-electron chi connectivity index (χ0n) is 6.85. The Morgan fingerprint density at radius 2 is 2.20 bits per heavy atom. The second kappa shape index (κ2) is 3.04. The highest BCUT2D eigenvalue weighted by atomic mass is 15.2. The lowest BCUT2D eigenvalue weighted by atomic mass is 9.92. The van der Waals surface area contributed by atoms with Crippen LogP contribution in [-0.4, -0.2) is 23.8 Å². The van der Waals surface area contributed by atoms with E-state index in [2.05, 4.69) is 4.90 Å². The van der Waals surface area contributed by atoms with Gasteiger partial charge in [-0.05, 0) is 19.3 Å². The monoisotopic (exact) mass is 140 g/mol. The zero-order valence-corrected chi connectivity index (χ0v) is 6.85. The van der Waals surface area contributed by atoms with Crippen LogP contribution in [0.5, 0.6) is 0 Å². The van der Waals surface area contributed by atoms with E-state index in [-0.39, 0.29) is 0 Å². The molecule has 0 aromatic heterocycles. The molecule has 0 heterocycles. The molecule has 0 saturated heterocycles. The van der Waals surface area contributed by atoms with E-state index in [9.17, 15) is 0 Å². The first kappa shape index (κ1) is 7.58. The first-order valence-electron chi connectivity index (χ1n) is 4.06. The Bertz CT molecular complexity index is 127. The Balaban J connectivity index is 2.31. The van der Waals surface area contributed by atoms with Gasteiger partial charge in [0.05, 0.1) is 5.84 Å². The smallest absolute Gasteiger partial charge is 0.0954 e.